The van der Waals surface area contributed by atoms with Crippen molar-refractivity contribution in [2.75, 3.05) is 26.2 Å². The number of aryl methyl sites for hydroxylation is 1. The second-order valence-electron chi connectivity index (χ2n) is 11.3. The number of nitrogens with one attached hydrogen (secondary N) is 1. The fraction of sp³-hybridized carbons (Fsp3) is 0.567. The van der Waals surface area contributed by atoms with E-state index in [1.54, 1.807) is 0 Å². The van der Waals surface area contributed by atoms with Crippen LogP contribution in [0.5, 0.6) is 0 Å². The van der Waals surface area contributed by atoms with E-state index in [4.69, 9.17) is 0 Å². The first-order chi connectivity index (χ1) is 16.4. The first kappa shape index (κ1) is 23.6. The minimum Gasteiger partial charge on any atom is -0.354 e. The maximum atomic E-state index is 4.40. The molecule has 2 aromatic heterocycles. The Morgan fingerprint density at radius 1 is 0.971 bits per heavy atom. The molecule has 0 spiro atoms. The van der Waals surface area contributed by atoms with Gasteiger partial charge < -0.3 is 4.98 Å². The van der Waals surface area contributed by atoms with Crippen molar-refractivity contribution in [2.24, 2.45) is 0 Å². The molecule has 5 rings (SSSR count). The zero-order valence-electron chi connectivity index (χ0n) is 21.8. The Kier molecular flexibility index (Phi) is 6.81. The van der Waals surface area contributed by atoms with Gasteiger partial charge in [-0.05, 0) is 113 Å². The third-order valence-electron chi connectivity index (χ3n) is 8.30. The van der Waals surface area contributed by atoms with Crippen molar-refractivity contribution in [3.05, 3.63) is 53.3 Å². The molecule has 1 aromatic carbocycles. The van der Waals surface area contributed by atoms with Crippen molar-refractivity contribution < 1.29 is 0 Å². The lowest BCUT2D eigenvalue weighted by atomic mass is 9.86. The van der Waals surface area contributed by atoms with Crippen LogP contribution in [0.3, 0.4) is 0 Å². The largest absolute Gasteiger partial charge is 0.354 e. The monoisotopic (exact) mass is 458 g/mol. The topological polar surface area (TPSA) is 35.2 Å². The number of nitrogens with zero attached hydrogens (tertiary/aromatic N) is 3. The van der Waals surface area contributed by atoms with E-state index in [1.165, 1.54) is 85.1 Å². The number of fused-ring (bicyclic) bond motifs is 1. The van der Waals surface area contributed by atoms with E-state index in [0.29, 0.717) is 17.9 Å². The van der Waals surface area contributed by atoms with E-state index in [-0.39, 0.29) is 0 Å². The van der Waals surface area contributed by atoms with E-state index >= 15 is 0 Å². The molecule has 0 aliphatic carbocycles. The number of piperidine rings is 2. The molecule has 4 nitrogen and oxygen atoms in total. The standard InChI is InChI=1S/C30H42N4/c1-20(2)29-27-18-24(8-9-28(27)32-30(29)25-10-13-31-22(5)17-25)23-11-15-33(16-12-23)26-7-6-14-34(19-26)21(3)4/h8-10,13,17-18,20-21,23,26,32H,6-7,11-12,14-16,19H2,1-5H3. The summed E-state index contributed by atoms with van der Waals surface area (Å²) in [4.78, 5) is 13.6. The average molecular weight is 459 g/mol. The fourth-order valence-electron chi connectivity index (χ4n) is 6.36. The molecule has 4 heteroatoms. The number of hydrogen-bond donors (Lipinski definition) is 1. The van der Waals surface area contributed by atoms with Crippen LogP contribution >= 0.6 is 0 Å². The highest BCUT2D eigenvalue weighted by molar-refractivity contribution is 5.92. The normalized spacial score (nSPS) is 21.2. The highest BCUT2D eigenvalue weighted by Crippen LogP contribution is 2.38. The molecular formula is C30H42N4. The minimum absolute atomic E-state index is 0.463. The van der Waals surface area contributed by atoms with Gasteiger partial charge in [0, 0.05) is 47.0 Å². The summed E-state index contributed by atoms with van der Waals surface area (Å²) in [6, 6.07) is 13.0. The summed E-state index contributed by atoms with van der Waals surface area (Å²) < 4.78 is 0. The first-order valence-corrected chi connectivity index (χ1v) is 13.5. The van der Waals surface area contributed by atoms with Gasteiger partial charge in [0.2, 0.25) is 0 Å². The van der Waals surface area contributed by atoms with Gasteiger partial charge in [0.15, 0.2) is 0 Å². The molecule has 0 saturated carbocycles. The van der Waals surface area contributed by atoms with Crippen LogP contribution in [-0.2, 0) is 0 Å². The highest BCUT2D eigenvalue weighted by atomic mass is 15.2. The van der Waals surface area contributed by atoms with Crippen LogP contribution in [0.4, 0.5) is 0 Å². The SMILES string of the molecule is Cc1cc(-c2[nH]c3ccc(C4CCN(C5CCCN(C(C)C)C5)CC4)cc3c2C(C)C)ccn1. The second-order valence-corrected chi connectivity index (χ2v) is 11.3. The van der Waals surface area contributed by atoms with Crippen LogP contribution in [0, 0.1) is 6.92 Å². The van der Waals surface area contributed by atoms with Crippen LogP contribution in [0.25, 0.3) is 22.2 Å². The Hall–Kier alpha value is -2.17. The predicted molar refractivity (Wildman–Crippen MR) is 144 cm³/mol. The smallest absolute Gasteiger partial charge is 0.0501 e. The summed E-state index contributed by atoms with van der Waals surface area (Å²) in [5.41, 5.74) is 7.78. The second kappa shape index (κ2) is 9.83. The summed E-state index contributed by atoms with van der Waals surface area (Å²) in [6.07, 6.45) is 7.21. The maximum Gasteiger partial charge on any atom is 0.0501 e. The number of likely N-dealkylation sites (tertiary alicyclic amines) is 2. The Balaban J connectivity index is 1.35. The molecule has 4 heterocycles. The molecule has 1 N–H and O–H groups in total. The van der Waals surface area contributed by atoms with Crippen LogP contribution in [0.2, 0.25) is 0 Å². The van der Waals surface area contributed by atoms with Gasteiger partial charge in [-0.3, -0.25) is 14.8 Å². The van der Waals surface area contributed by atoms with Crippen molar-refractivity contribution in [2.45, 2.75) is 84.2 Å². The van der Waals surface area contributed by atoms with Crippen molar-refractivity contribution >= 4 is 10.9 Å². The van der Waals surface area contributed by atoms with Gasteiger partial charge in [-0.2, -0.15) is 0 Å². The third-order valence-corrected chi connectivity index (χ3v) is 8.30. The van der Waals surface area contributed by atoms with Gasteiger partial charge in [-0.25, -0.2) is 0 Å². The lowest BCUT2D eigenvalue weighted by molar-refractivity contribution is 0.0639. The van der Waals surface area contributed by atoms with Crippen molar-refractivity contribution in [3.63, 3.8) is 0 Å². The number of aromatic amines is 1. The first-order valence-electron chi connectivity index (χ1n) is 13.5. The lowest BCUT2D eigenvalue weighted by Gasteiger charge is -2.43. The van der Waals surface area contributed by atoms with Crippen LogP contribution in [0.15, 0.2) is 36.5 Å². The highest BCUT2D eigenvalue weighted by Gasteiger charge is 2.30. The zero-order chi connectivity index (χ0) is 23.8. The summed E-state index contributed by atoms with van der Waals surface area (Å²) in [6.45, 7) is 16.4. The summed E-state index contributed by atoms with van der Waals surface area (Å²) >= 11 is 0. The number of rotatable bonds is 5. The van der Waals surface area contributed by atoms with Crippen molar-refractivity contribution in [1.29, 1.82) is 0 Å². The fourth-order valence-corrected chi connectivity index (χ4v) is 6.36. The molecule has 2 aliphatic rings. The number of benzene rings is 1. The third kappa shape index (κ3) is 4.67. The van der Waals surface area contributed by atoms with Crippen LogP contribution in [0.1, 0.15) is 82.0 Å². The molecule has 1 atom stereocenters. The summed E-state index contributed by atoms with van der Waals surface area (Å²) in [7, 11) is 0. The molecule has 182 valence electrons. The van der Waals surface area contributed by atoms with E-state index in [9.17, 15) is 0 Å². The Labute approximate surface area is 205 Å². The maximum absolute atomic E-state index is 4.40. The number of hydrogen-bond acceptors (Lipinski definition) is 3. The van der Waals surface area contributed by atoms with E-state index in [0.717, 1.165) is 11.7 Å². The van der Waals surface area contributed by atoms with Gasteiger partial charge in [-0.1, -0.05) is 19.9 Å². The van der Waals surface area contributed by atoms with Crippen LogP contribution < -0.4 is 0 Å². The molecule has 2 saturated heterocycles. The summed E-state index contributed by atoms with van der Waals surface area (Å²) in [5, 5.41) is 1.40. The molecular weight excluding hydrogens is 416 g/mol. The molecule has 34 heavy (non-hydrogen) atoms. The molecule has 1 unspecified atom stereocenters. The number of pyridine rings is 1. The quantitative estimate of drug-likeness (QED) is 0.461. The average Bonchev–Trinajstić information content (AvgIpc) is 3.23. The molecule has 0 radical (unpaired) electrons. The molecule has 0 amide bonds. The van der Waals surface area contributed by atoms with Gasteiger partial charge in [-0.15, -0.1) is 0 Å². The Morgan fingerprint density at radius 3 is 2.47 bits per heavy atom. The van der Waals surface area contributed by atoms with Gasteiger partial charge in [0.1, 0.15) is 0 Å². The number of aromatic nitrogens is 2. The number of H-pyrrole nitrogens is 1. The summed E-state index contributed by atoms with van der Waals surface area (Å²) in [5.74, 6) is 1.14. The predicted octanol–water partition coefficient (Wildman–Crippen LogP) is 6.71. The molecule has 3 aromatic rings. The Bertz CT molecular complexity index is 1120. The van der Waals surface area contributed by atoms with Crippen LogP contribution in [-0.4, -0.2) is 58.0 Å². The molecule has 2 aliphatic heterocycles. The zero-order valence-corrected chi connectivity index (χ0v) is 21.8. The van der Waals surface area contributed by atoms with Gasteiger partial charge >= 0.3 is 0 Å². The van der Waals surface area contributed by atoms with Gasteiger partial charge in [0.25, 0.3) is 0 Å². The van der Waals surface area contributed by atoms with Gasteiger partial charge in [0.05, 0.1) is 5.69 Å². The van der Waals surface area contributed by atoms with E-state index in [2.05, 4.69) is 84.7 Å². The lowest BCUT2D eigenvalue weighted by Crippen LogP contribution is -2.51. The molecule has 2 fully saturated rings. The minimum atomic E-state index is 0.463. The van der Waals surface area contributed by atoms with Crippen molar-refractivity contribution in [3.8, 4) is 11.3 Å². The van der Waals surface area contributed by atoms with Crippen molar-refractivity contribution in [1.82, 2.24) is 19.8 Å². The van der Waals surface area contributed by atoms with E-state index in [1.807, 2.05) is 6.20 Å². The van der Waals surface area contributed by atoms with E-state index < -0.39 is 0 Å². The molecule has 0 bridgehead atoms. The Morgan fingerprint density at radius 2 is 1.76 bits per heavy atom.